The Morgan fingerprint density at radius 1 is 0.552 bits per heavy atom. The summed E-state index contributed by atoms with van der Waals surface area (Å²) in [6.07, 6.45) is 50.5. The highest BCUT2D eigenvalue weighted by Crippen LogP contribution is 2.38. The average molecular weight is 832 g/mol. The summed E-state index contributed by atoms with van der Waals surface area (Å²) in [5.41, 5.74) is 0. The third-order valence-electron chi connectivity index (χ3n) is 8.93. The van der Waals surface area contributed by atoms with Crippen molar-refractivity contribution in [2.24, 2.45) is 0 Å². The first-order valence-corrected chi connectivity index (χ1v) is 23.8. The number of phosphoric acid groups is 1. The number of quaternary nitrogens is 1. The summed E-state index contributed by atoms with van der Waals surface area (Å²) < 4.78 is 33.8. The van der Waals surface area contributed by atoms with Crippen molar-refractivity contribution in [3.63, 3.8) is 0 Å². The quantitative estimate of drug-likeness (QED) is 0.0198. The Morgan fingerprint density at radius 3 is 1.45 bits per heavy atom. The van der Waals surface area contributed by atoms with Crippen LogP contribution in [0.1, 0.15) is 155 Å². The molecule has 0 aliphatic rings. The van der Waals surface area contributed by atoms with E-state index >= 15 is 0 Å². The van der Waals surface area contributed by atoms with Gasteiger partial charge in [-0.3, -0.25) is 14.2 Å². The van der Waals surface area contributed by atoms with Gasteiger partial charge in [-0.25, -0.2) is 0 Å². The summed E-state index contributed by atoms with van der Waals surface area (Å²) in [7, 11) is 1.12. The Labute approximate surface area is 354 Å². The van der Waals surface area contributed by atoms with Crippen LogP contribution in [-0.2, 0) is 32.7 Å². The van der Waals surface area contributed by atoms with Gasteiger partial charge in [-0.15, -0.1) is 0 Å². The Bertz CT molecular complexity index is 1260. The average Bonchev–Trinajstić information content (AvgIpc) is 3.17. The van der Waals surface area contributed by atoms with Crippen molar-refractivity contribution in [1.29, 1.82) is 0 Å². The first-order chi connectivity index (χ1) is 28.0. The molecule has 0 N–H and O–H groups in total. The molecule has 0 saturated carbocycles. The highest BCUT2D eigenvalue weighted by atomic mass is 31.2. The van der Waals surface area contributed by atoms with Crippen molar-refractivity contribution in [2.75, 3.05) is 47.5 Å². The molecule has 0 fully saturated rings. The van der Waals surface area contributed by atoms with Gasteiger partial charge in [0.25, 0.3) is 7.82 Å². The van der Waals surface area contributed by atoms with Crippen LogP contribution in [-0.4, -0.2) is 70.0 Å². The number of hydrogen-bond acceptors (Lipinski definition) is 8. The fourth-order valence-corrected chi connectivity index (χ4v) is 6.19. The van der Waals surface area contributed by atoms with E-state index in [4.69, 9.17) is 18.5 Å². The van der Waals surface area contributed by atoms with Crippen LogP contribution in [0.3, 0.4) is 0 Å². The number of ether oxygens (including phenoxy) is 2. The minimum absolute atomic E-state index is 0.0454. The molecule has 2 atom stereocenters. The summed E-state index contributed by atoms with van der Waals surface area (Å²) in [4.78, 5) is 37.5. The van der Waals surface area contributed by atoms with Crippen LogP contribution in [0.5, 0.6) is 0 Å². The Hall–Kier alpha value is -2.81. The van der Waals surface area contributed by atoms with E-state index in [-0.39, 0.29) is 26.1 Å². The van der Waals surface area contributed by atoms with Crippen LogP contribution in [0, 0.1) is 0 Å². The highest BCUT2D eigenvalue weighted by molar-refractivity contribution is 7.45. The van der Waals surface area contributed by atoms with Gasteiger partial charge < -0.3 is 27.9 Å². The van der Waals surface area contributed by atoms with Crippen LogP contribution < -0.4 is 4.89 Å². The molecular weight excluding hydrogens is 750 g/mol. The minimum Gasteiger partial charge on any atom is -0.756 e. The summed E-state index contributed by atoms with van der Waals surface area (Å²) in [6.45, 7) is 4.01. The Balaban J connectivity index is 4.45. The number of carbonyl (C=O) groups excluding carboxylic acids is 2. The Morgan fingerprint density at radius 2 is 0.983 bits per heavy atom. The highest BCUT2D eigenvalue weighted by Gasteiger charge is 2.21. The molecule has 0 bridgehead atoms. The second kappa shape index (κ2) is 39.6. The number of hydrogen-bond donors (Lipinski definition) is 0. The predicted octanol–water partition coefficient (Wildman–Crippen LogP) is 12.2. The van der Waals surface area contributed by atoms with Gasteiger partial charge in [0.2, 0.25) is 0 Å². The molecule has 10 heteroatoms. The van der Waals surface area contributed by atoms with Crippen molar-refractivity contribution in [3.8, 4) is 0 Å². The fourth-order valence-electron chi connectivity index (χ4n) is 5.47. The molecule has 2 unspecified atom stereocenters. The summed E-state index contributed by atoms with van der Waals surface area (Å²) in [6, 6.07) is 0. The summed E-state index contributed by atoms with van der Waals surface area (Å²) in [5, 5.41) is 0. The molecule has 0 spiro atoms. The molecule has 0 amide bonds. The normalized spacial score (nSPS) is 14.4. The molecular formula is C48H82NO8P. The lowest BCUT2D eigenvalue weighted by atomic mass is 10.1. The van der Waals surface area contributed by atoms with E-state index in [0.717, 1.165) is 64.2 Å². The maximum absolute atomic E-state index is 12.7. The van der Waals surface area contributed by atoms with Crippen LogP contribution in [0.25, 0.3) is 0 Å². The molecule has 0 aliphatic heterocycles. The molecule has 0 rings (SSSR count). The maximum atomic E-state index is 12.7. The van der Waals surface area contributed by atoms with E-state index in [1.54, 1.807) is 0 Å². The van der Waals surface area contributed by atoms with E-state index in [0.29, 0.717) is 23.9 Å². The first-order valence-electron chi connectivity index (χ1n) is 22.3. The second-order valence-electron chi connectivity index (χ2n) is 15.7. The van der Waals surface area contributed by atoms with Crippen molar-refractivity contribution in [2.45, 2.75) is 161 Å². The van der Waals surface area contributed by atoms with E-state index in [2.05, 4.69) is 92.8 Å². The zero-order chi connectivity index (χ0) is 42.8. The van der Waals surface area contributed by atoms with E-state index in [1.165, 1.54) is 51.4 Å². The third-order valence-corrected chi connectivity index (χ3v) is 9.89. The number of esters is 2. The number of carbonyl (C=O) groups is 2. The standard InChI is InChI=1S/C48H82NO8P/c1-6-8-10-12-14-16-18-19-20-21-22-23-24-25-26-27-28-29-31-33-35-37-39-41-48(51)57-46(45-56-58(52,53)55-43-42-49(3,4)5)44-54-47(50)40-38-36-34-32-30-17-15-13-11-9-7-2/h8,10,14,16,19-20,22-23,25-26,28-29,33,35,46H,6-7,9,11-13,15,17-18,21,24,27,30-32,34,36-45H2,1-5H3/b10-8-,16-14-,20-19-,23-22-,26-25-,29-28-,35-33-. The monoisotopic (exact) mass is 832 g/mol. The molecule has 0 aromatic heterocycles. The van der Waals surface area contributed by atoms with Crippen molar-refractivity contribution in [3.05, 3.63) is 85.1 Å². The molecule has 0 heterocycles. The Kier molecular flexibility index (Phi) is 37.7. The number of likely N-dealkylation sites (N-methyl/N-ethyl adjacent to an activating group) is 1. The zero-order valence-electron chi connectivity index (χ0n) is 37.2. The lowest BCUT2D eigenvalue weighted by Gasteiger charge is -2.28. The maximum Gasteiger partial charge on any atom is 0.306 e. The number of phosphoric ester groups is 1. The van der Waals surface area contributed by atoms with Crippen LogP contribution in [0.15, 0.2) is 85.1 Å². The van der Waals surface area contributed by atoms with Crippen LogP contribution >= 0.6 is 7.82 Å². The molecule has 0 aliphatic carbocycles. The van der Waals surface area contributed by atoms with Gasteiger partial charge in [0.15, 0.2) is 6.10 Å². The van der Waals surface area contributed by atoms with Gasteiger partial charge in [-0.2, -0.15) is 0 Å². The molecule has 9 nitrogen and oxygen atoms in total. The SMILES string of the molecule is CC/C=C\C/C=C\C/C=C\C/C=C\C/C=C\C/C=C\C/C=C\CCCC(=O)OC(COC(=O)CCCCCCCCCCCCC)COP(=O)([O-])OCC[N+](C)(C)C. The molecule has 0 aromatic carbocycles. The molecule has 58 heavy (non-hydrogen) atoms. The summed E-state index contributed by atoms with van der Waals surface area (Å²) >= 11 is 0. The van der Waals surface area contributed by atoms with Crippen molar-refractivity contribution < 1.29 is 42.1 Å². The number of nitrogens with zero attached hydrogens (tertiary/aromatic N) is 1. The molecule has 0 saturated heterocycles. The molecule has 332 valence electrons. The van der Waals surface area contributed by atoms with Gasteiger partial charge in [0.05, 0.1) is 27.7 Å². The van der Waals surface area contributed by atoms with E-state index in [1.807, 2.05) is 27.2 Å². The van der Waals surface area contributed by atoms with E-state index in [9.17, 15) is 19.0 Å². The fraction of sp³-hybridized carbons (Fsp3) is 0.667. The second-order valence-corrected chi connectivity index (χ2v) is 17.1. The molecule has 0 aromatic rings. The minimum atomic E-state index is -4.64. The van der Waals surface area contributed by atoms with Crippen LogP contribution in [0.2, 0.25) is 0 Å². The predicted molar refractivity (Wildman–Crippen MR) is 240 cm³/mol. The van der Waals surface area contributed by atoms with Gasteiger partial charge in [-0.1, -0.05) is 163 Å². The van der Waals surface area contributed by atoms with Crippen LogP contribution in [0.4, 0.5) is 0 Å². The van der Waals surface area contributed by atoms with Crippen molar-refractivity contribution in [1.82, 2.24) is 0 Å². The number of allylic oxidation sites excluding steroid dienone is 14. The largest absolute Gasteiger partial charge is 0.756 e. The number of rotatable bonds is 39. The zero-order valence-corrected chi connectivity index (χ0v) is 38.1. The van der Waals surface area contributed by atoms with Gasteiger partial charge >= 0.3 is 11.9 Å². The summed E-state index contributed by atoms with van der Waals surface area (Å²) in [5.74, 6) is -0.912. The number of unbranched alkanes of at least 4 members (excludes halogenated alkanes) is 11. The topological polar surface area (TPSA) is 111 Å². The first kappa shape index (κ1) is 55.2. The lowest BCUT2D eigenvalue weighted by Crippen LogP contribution is -2.37. The third kappa shape index (κ3) is 42.8. The van der Waals surface area contributed by atoms with Gasteiger partial charge in [0.1, 0.15) is 19.8 Å². The van der Waals surface area contributed by atoms with Gasteiger partial charge in [0, 0.05) is 12.8 Å². The molecule has 0 radical (unpaired) electrons. The lowest BCUT2D eigenvalue weighted by molar-refractivity contribution is -0.870. The van der Waals surface area contributed by atoms with E-state index < -0.39 is 32.5 Å². The van der Waals surface area contributed by atoms with Crippen molar-refractivity contribution >= 4 is 19.8 Å². The smallest absolute Gasteiger partial charge is 0.306 e. The van der Waals surface area contributed by atoms with Gasteiger partial charge in [-0.05, 0) is 64.2 Å².